The highest BCUT2D eigenvalue weighted by Gasteiger charge is 2.18. The first-order valence-corrected chi connectivity index (χ1v) is 7.06. The smallest absolute Gasteiger partial charge is 0.173 e. The number of benzene rings is 2. The van der Waals surface area contributed by atoms with Gasteiger partial charge in [-0.2, -0.15) is 0 Å². The summed E-state index contributed by atoms with van der Waals surface area (Å²) in [6.45, 7) is 2.03. The summed E-state index contributed by atoms with van der Waals surface area (Å²) in [5, 5.41) is 0. The van der Waals surface area contributed by atoms with Gasteiger partial charge in [0.25, 0.3) is 0 Å². The second-order valence-electron chi connectivity index (χ2n) is 4.51. The maximum absolute atomic E-state index is 13.7. The molecule has 0 N–H and O–H groups in total. The van der Waals surface area contributed by atoms with Gasteiger partial charge in [-0.15, -0.1) is 0 Å². The van der Waals surface area contributed by atoms with E-state index in [-0.39, 0.29) is 10.9 Å². The van der Waals surface area contributed by atoms with Gasteiger partial charge >= 0.3 is 0 Å². The van der Waals surface area contributed by atoms with Crippen molar-refractivity contribution in [3.05, 3.63) is 69.2 Å². The molecule has 0 aliphatic heterocycles. The summed E-state index contributed by atoms with van der Waals surface area (Å²) in [6.07, 6.45) is 0.893. The minimum atomic E-state index is -0.841. The lowest BCUT2D eigenvalue weighted by Crippen LogP contribution is -2.09. The van der Waals surface area contributed by atoms with Crippen molar-refractivity contribution in [1.82, 2.24) is 0 Å². The zero-order valence-corrected chi connectivity index (χ0v) is 12.5. The van der Waals surface area contributed by atoms with Gasteiger partial charge in [0.1, 0.15) is 11.6 Å². The van der Waals surface area contributed by atoms with Crippen molar-refractivity contribution in [2.45, 2.75) is 19.8 Å². The Labute approximate surface area is 124 Å². The van der Waals surface area contributed by atoms with Gasteiger partial charge in [0.2, 0.25) is 0 Å². The van der Waals surface area contributed by atoms with Crippen LogP contribution in [0.1, 0.15) is 28.4 Å². The monoisotopic (exact) mass is 338 g/mol. The fourth-order valence-electron chi connectivity index (χ4n) is 1.98. The third-order valence-corrected chi connectivity index (χ3v) is 3.54. The van der Waals surface area contributed by atoms with Gasteiger partial charge in [0.15, 0.2) is 5.78 Å². The van der Waals surface area contributed by atoms with Crippen LogP contribution in [0.4, 0.5) is 8.78 Å². The molecule has 0 saturated heterocycles. The Balaban J connectivity index is 2.23. The van der Waals surface area contributed by atoms with Gasteiger partial charge < -0.3 is 0 Å². The van der Waals surface area contributed by atoms with Gasteiger partial charge in [-0.3, -0.25) is 4.79 Å². The quantitative estimate of drug-likeness (QED) is 0.737. The van der Waals surface area contributed by atoms with Crippen molar-refractivity contribution in [3.63, 3.8) is 0 Å². The van der Waals surface area contributed by atoms with E-state index in [0.29, 0.717) is 0 Å². The Hall–Kier alpha value is -1.55. The molecule has 0 aliphatic rings. The molecule has 0 bridgehead atoms. The van der Waals surface area contributed by atoms with Gasteiger partial charge in [-0.05, 0) is 29.7 Å². The van der Waals surface area contributed by atoms with E-state index in [2.05, 4.69) is 15.9 Å². The predicted octanol–water partition coefficient (Wildman–Crippen LogP) is 4.72. The highest BCUT2D eigenvalue weighted by molar-refractivity contribution is 9.10. The van der Waals surface area contributed by atoms with Crippen LogP contribution in [-0.4, -0.2) is 5.78 Å². The molecule has 0 radical (unpaired) electrons. The first-order valence-electron chi connectivity index (χ1n) is 6.26. The van der Waals surface area contributed by atoms with Crippen LogP contribution in [0.2, 0.25) is 0 Å². The first-order chi connectivity index (χ1) is 9.51. The van der Waals surface area contributed by atoms with Crippen LogP contribution in [0.15, 0.2) is 40.9 Å². The molecule has 0 amide bonds. The molecule has 0 aromatic heterocycles. The number of aryl methyl sites for hydroxylation is 1. The van der Waals surface area contributed by atoms with Gasteiger partial charge in [0.05, 0.1) is 5.56 Å². The number of hydrogen-bond acceptors (Lipinski definition) is 1. The van der Waals surface area contributed by atoms with Crippen LogP contribution < -0.4 is 0 Å². The molecule has 0 spiro atoms. The highest BCUT2D eigenvalue weighted by atomic mass is 79.9. The number of rotatable bonds is 4. The second kappa shape index (κ2) is 6.27. The molecule has 2 aromatic rings. The van der Waals surface area contributed by atoms with Crippen molar-refractivity contribution in [2.75, 3.05) is 0 Å². The van der Waals surface area contributed by atoms with E-state index in [4.69, 9.17) is 0 Å². The Morgan fingerprint density at radius 1 is 1.05 bits per heavy atom. The van der Waals surface area contributed by atoms with E-state index in [1.807, 2.05) is 31.2 Å². The summed E-state index contributed by atoms with van der Waals surface area (Å²) in [7, 11) is 0. The Morgan fingerprint density at radius 2 is 1.55 bits per heavy atom. The average molecular weight is 339 g/mol. The molecular formula is C16H13BrF2O. The third kappa shape index (κ3) is 3.31. The van der Waals surface area contributed by atoms with Crippen molar-refractivity contribution < 1.29 is 13.6 Å². The van der Waals surface area contributed by atoms with Crippen LogP contribution in [-0.2, 0) is 12.8 Å². The number of ketones is 1. The molecule has 0 saturated carbocycles. The average Bonchev–Trinajstić information content (AvgIpc) is 2.38. The predicted molar refractivity (Wildman–Crippen MR) is 77.9 cm³/mol. The summed E-state index contributed by atoms with van der Waals surface area (Å²) < 4.78 is 27.7. The number of carbonyl (C=O) groups is 1. The number of hydrogen-bond donors (Lipinski definition) is 0. The molecule has 2 aromatic carbocycles. The molecule has 0 fully saturated rings. The summed E-state index contributed by atoms with van der Waals surface area (Å²) in [5.74, 6) is -2.24. The van der Waals surface area contributed by atoms with Crippen molar-refractivity contribution in [2.24, 2.45) is 0 Å². The molecule has 0 unspecified atom stereocenters. The first kappa shape index (κ1) is 14.9. The lowest BCUT2D eigenvalue weighted by molar-refractivity contribution is 0.0985. The van der Waals surface area contributed by atoms with Gasteiger partial charge in [-0.1, -0.05) is 47.1 Å². The molecule has 0 heterocycles. The van der Waals surface area contributed by atoms with Crippen LogP contribution in [0.25, 0.3) is 0 Å². The Bertz CT molecular complexity index is 612. The molecule has 4 heteroatoms. The number of Topliss-reactive ketones (excluding diaryl/α,β-unsaturated/α-hetero) is 1. The summed E-state index contributed by atoms with van der Waals surface area (Å²) >= 11 is 2.99. The lowest BCUT2D eigenvalue weighted by Gasteiger charge is -2.06. The van der Waals surface area contributed by atoms with Crippen LogP contribution in [0.5, 0.6) is 0 Å². The van der Waals surface area contributed by atoms with Crippen molar-refractivity contribution >= 4 is 21.7 Å². The highest BCUT2D eigenvalue weighted by Crippen LogP contribution is 2.21. The van der Waals surface area contributed by atoms with Gasteiger partial charge in [-0.25, -0.2) is 8.78 Å². The third-order valence-electron chi connectivity index (χ3n) is 3.08. The normalized spacial score (nSPS) is 10.6. The van der Waals surface area contributed by atoms with E-state index in [9.17, 15) is 13.6 Å². The molecule has 1 nitrogen and oxygen atoms in total. The zero-order chi connectivity index (χ0) is 14.7. The summed E-state index contributed by atoms with van der Waals surface area (Å²) in [4.78, 5) is 12.0. The largest absolute Gasteiger partial charge is 0.294 e. The maximum Gasteiger partial charge on any atom is 0.173 e. The van der Waals surface area contributed by atoms with Gasteiger partial charge in [0, 0.05) is 10.9 Å². The molecule has 20 heavy (non-hydrogen) atoms. The van der Waals surface area contributed by atoms with E-state index >= 15 is 0 Å². The summed E-state index contributed by atoms with van der Waals surface area (Å²) in [6, 6.07) is 9.64. The van der Waals surface area contributed by atoms with Crippen LogP contribution in [0, 0.1) is 11.6 Å². The fourth-order valence-corrected chi connectivity index (χ4v) is 2.38. The number of carbonyl (C=O) groups excluding carboxylic acids is 1. The van der Waals surface area contributed by atoms with Crippen molar-refractivity contribution in [3.8, 4) is 0 Å². The molecule has 2 rings (SSSR count). The van der Waals surface area contributed by atoms with Crippen LogP contribution in [0.3, 0.4) is 0 Å². The SMILES string of the molecule is CCc1ccc(CC(=O)c2c(F)cc(Br)cc2F)cc1. The minimum absolute atomic E-state index is 0.0144. The maximum atomic E-state index is 13.7. The fraction of sp³-hybridized carbons (Fsp3) is 0.188. The minimum Gasteiger partial charge on any atom is -0.294 e. The van der Waals surface area contributed by atoms with Crippen molar-refractivity contribution in [1.29, 1.82) is 0 Å². The Kier molecular flexibility index (Phi) is 4.65. The second-order valence-corrected chi connectivity index (χ2v) is 5.43. The zero-order valence-electron chi connectivity index (χ0n) is 10.9. The van der Waals surface area contributed by atoms with E-state index in [1.165, 1.54) is 0 Å². The van der Waals surface area contributed by atoms with E-state index in [1.54, 1.807) is 0 Å². The topological polar surface area (TPSA) is 17.1 Å². The summed E-state index contributed by atoms with van der Waals surface area (Å²) in [5.41, 5.74) is 1.42. The molecule has 104 valence electrons. The molecule has 0 atom stereocenters. The number of halogens is 3. The standard InChI is InChI=1S/C16H13BrF2O/c1-2-10-3-5-11(6-4-10)7-15(20)16-13(18)8-12(17)9-14(16)19/h3-6,8-9H,2,7H2,1H3. The molecule has 0 aliphatic carbocycles. The van der Waals surface area contributed by atoms with E-state index in [0.717, 1.165) is 29.7 Å². The lowest BCUT2D eigenvalue weighted by atomic mass is 10.0. The van der Waals surface area contributed by atoms with Crippen LogP contribution >= 0.6 is 15.9 Å². The Morgan fingerprint density at radius 3 is 2.05 bits per heavy atom. The van der Waals surface area contributed by atoms with E-state index < -0.39 is 23.0 Å². The molecular weight excluding hydrogens is 326 g/mol.